The van der Waals surface area contributed by atoms with Crippen molar-refractivity contribution in [2.45, 2.75) is 19.1 Å². The number of pyridine rings is 1. The zero-order chi connectivity index (χ0) is 21.6. The van der Waals surface area contributed by atoms with E-state index in [1.54, 1.807) is 18.3 Å². The summed E-state index contributed by atoms with van der Waals surface area (Å²) in [5.74, 6) is -0.579. The zero-order valence-corrected chi connectivity index (χ0v) is 15.9. The SMILES string of the molecule is O=C(Nc1ccccc1F)N(CCc1ccccn1)Cc1ccc(C(F)(F)F)cc1. The molecule has 0 atom stereocenters. The predicted molar refractivity (Wildman–Crippen MR) is 105 cm³/mol. The van der Waals surface area contributed by atoms with Crippen LogP contribution in [0.15, 0.2) is 72.9 Å². The molecule has 2 aromatic carbocycles. The number of rotatable bonds is 6. The van der Waals surface area contributed by atoms with Gasteiger partial charge in [-0.15, -0.1) is 0 Å². The van der Waals surface area contributed by atoms with Crippen LogP contribution in [0.4, 0.5) is 28.0 Å². The van der Waals surface area contributed by atoms with E-state index in [0.29, 0.717) is 12.0 Å². The third kappa shape index (κ3) is 5.79. The van der Waals surface area contributed by atoms with E-state index < -0.39 is 23.6 Å². The van der Waals surface area contributed by atoms with E-state index in [4.69, 9.17) is 0 Å². The quantitative estimate of drug-likeness (QED) is 0.537. The number of benzene rings is 2. The van der Waals surface area contributed by atoms with Crippen LogP contribution in [-0.4, -0.2) is 22.5 Å². The number of halogens is 4. The summed E-state index contributed by atoms with van der Waals surface area (Å²) in [4.78, 5) is 18.4. The molecule has 0 aliphatic heterocycles. The minimum absolute atomic E-state index is 0.0257. The molecular formula is C22H19F4N3O. The first-order valence-corrected chi connectivity index (χ1v) is 9.19. The fraction of sp³-hybridized carbons (Fsp3) is 0.182. The van der Waals surface area contributed by atoms with Crippen LogP contribution in [0.1, 0.15) is 16.8 Å². The van der Waals surface area contributed by atoms with Crippen molar-refractivity contribution in [1.82, 2.24) is 9.88 Å². The number of carbonyl (C=O) groups excluding carboxylic acids is 1. The number of aromatic nitrogens is 1. The van der Waals surface area contributed by atoms with Crippen LogP contribution in [0.2, 0.25) is 0 Å². The van der Waals surface area contributed by atoms with Gasteiger partial charge >= 0.3 is 12.2 Å². The number of para-hydroxylation sites is 1. The summed E-state index contributed by atoms with van der Waals surface area (Å²) in [5, 5.41) is 2.51. The van der Waals surface area contributed by atoms with Crippen LogP contribution in [0, 0.1) is 5.82 Å². The van der Waals surface area contributed by atoms with E-state index in [0.717, 1.165) is 17.8 Å². The second kappa shape index (κ2) is 9.39. The summed E-state index contributed by atoms with van der Waals surface area (Å²) in [7, 11) is 0. The Labute approximate surface area is 171 Å². The molecule has 0 aliphatic rings. The number of anilines is 1. The van der Waals surface area contributed by atoms with E-state index in [9.17, 15) is 22.4 Å². The largest absolute Gasteiger partial charge is 0.416 e. The van der Waals surface area contributed by atoms with Crippen molar-refractivity contribution in [3.05, 3.63) is 95.6 Å². The van der Waals surface area contributed by atoms with Crippen LogP contribution in [0.25, 0.3) is 0 Å². The first-order chi connectivity index (χ1) is 14.3. The van der Waals surface area contributed by atoms with Crippen molar-refractivity contribution in [1.29, 1.82) is 0 Å². The number of urea groups is 1. The van der Waals surface area contributed by atoms with Gasteiger partial charge in [-0.1, -0.05) is 30.3 Å². The van der Waals surface area contributed by atoms with Gasteiger partial charge in [0.2, 0.25) is 0 Å². The molecule has 2 amide bonds. The standard InChI is InChI=1S/C22H19F4N3O/c23-19-6-1-2-7-20(19)28-21(30)29(14-12-18-5-3-4-13-27-18)15-16-8-10-17(11-9-16)22(24,25)26/h1-11,13H,12,14-15H2,(H,28,30). The molecule has 0 saturated carbocycles. The molecular weight excluding hydrogens is 398 g/mol. The van der Waals surface area contributed by atoms with Crippen LogP contribution in [-0.2, 0) is 19.1 Å². The molecule has 0 spiro atoms. The maximum absolute atomic E-state index is 13.9. The highest BCUT2D eigenvalue weighted by Crippen LogP contribution is 2.29. The number of hydrogen-bond donors (Lipinski definition) is 1. The molecule has 0 radical (unpaired) electrons. The smallest absolute Gasteiger partial charge is 0.320 e. The van der Waals surface area contributed by atoms with Crippen LogP contribution in [0.5, 0.6) is 0 Å². The van der Waals surface area contributed by atoms with Crippen molar-refractivity contribution < 1.29 is 22.4 Å². The lowest BCUT2D eigenvalue weighted by atomic mass is 10.1. The van der Waals surface area contributed by atoms with Crippen molar-refractivity contribution >= 4 is 11.7 Å². The van der Waals surface area contributed by atoms with Crippen molar-refractivity contribution in [2.24, 2.45) is 0 Å². The van der Waals surface area contributed by atoms with Crippen LogP contribution >= 0.6 is 0 Å². The van der Waals surface area contributed by atoms with E-state index in [1.807, 2.05) is 12.1 Å². The first-order valence-electron chi connectivity index (χ1n) is 9.19. The van der Waals surface area contributed by atoms with E-state index in [-0.39, 0.29) is 18.8 Å². The van der Waals surface area contributed by atoms with Gasteiger partial charge in [-0.2, -0.15) is 13.2 Å². The third-order valence-corrected chi connectivity index (χ3v) is 4.42. The Morgan fingerprint density at radius 2 is 1.67 bits per heavy atom. The molecule has 1 heterocycles. The molecule has 1 N–H and O–H groups in total. The van der Waals surface area contributed by atoms with Gasteiger partial charge in [-0.25, -0.2) is 9.18 Å². The highest BCUT2D eigenvalue weighted by atomic mass is 19.4. The summed E-state index contributed by atoms with van der Waals surface area (Å²) in [6, 6.07) is 15.2. The minimum atomic E-state index is -4.43. The molecule has 156 valence electrons. The minimum Gasteiger partial charge on any atom is -0.320 e. The molecule has 3 rings (SSSR count). The number of alkyl halides is 3. The van der Waals surface area contributed by atoms with Gasteiger partial charge in [0.25, 0.3) is 0 Å². The number of amides is 2. The van der Waals surface area contributed by atoms with E-state index in [2.05, 4.69) is 10.3 Å². The second-order valence-electron chi connectivity index (χ2n) is 6.60. The topological polar surface area (TPSA) is 45.2 Å². The van der Waals surface area contributed by atoms with Crippen molar-refractivity contribution in [2.75, 3.05) is 11.9 Å². The zero-order valence-electron chi connectivity index (χ0n) is 15.9. The average molecular weight is 417 g/mol. The van der Waals surface area contributed by atoms with Crippen LogP contribution < -0.4 is 5.32 Å². The van der Waals surface area contributed by atoms with Gasteiger partial charge < -0.3 is 10.2 Å². The molecule has 1 aromatic heterocycles. The van der Waals surface area contributed by atoms with Gasteiger partial charge in [0.05, 0.1) is 11.3 Å². The Bertz CT molecular complexity index is 976. The molecule has 0 unspecified atom stereocenters. The maximum Gasteiger partial charge on any atom is 0.416 e. The maximum atomic E-state index is 13.9. The first kappa shape index (κ1) is 21.3. The summed E-state index contributed by atoms with van der Waals surface area (Å²) in [6.45, 7) is 0.309. The average Bonchev–Trinajstić information content (AvgIpc) is 2.73. The fourth-order valence-corrected chi connectivity index (χ4v) is 2.82. The monoisotopic (exact) mass is 417 g/mol. The molecule has 4 nitrogen and oxygen atoms in total. The van der Waals surface area contributed by atoms with Gasteiger partial charge in [-0.05, 0) is 42.0 Å². The van der Waals surface area contributed by atoms with Gasteiger partial charge in [0.15, 0.2) is 0 Å². The highest BCUT2D eigenvalue weighted by molar-refractivity contribution is 5.89. The van der Waals surface area contributed by atoms with Crippen molar-refractivity contribution in [3.8, 4) is 0 Å². The number of nitrogens with zero attached hydrogens (tertiary/aromatic N) is 2. The van der Waals surface area contributed by atoms with Gasteiger partial charge in [-0.3, -0.25) is 4.98 Å². The highest BCUT2D eigenvalue weighted by Gasteiger charge is 2.30. The summed E-state index contributed by atoms with van der Waals surface area (Å²) >= 11 is 0. The Morgan fingerprint density at radius 1 is 0.967 bits per heavy atom. The Morgan fingerprint density at radius 3 is 2.30 bits per heavy atom. The Balaban J connectivity index is 1.76. The summed E-state index contributed by atoms with van der Waals surface area (Å²) < 4.78 is 52.2. The molecule has 0 fully saturated rings. The molecule has 0 bridgehead atoms. The lowest BCUT2D eigenvalue weighted by molar-refractivity contribution is -0.137. The third-order valence-electron chi connectivity index (χ3n) is 4.42. The van der Waals surface area contributed by atoms with Crippen molar-refractivity contribution in [3.63, 3.8) is 0 Å². The second-order valence-corrected chi connectivity index (χ2v) is 6.60. The van der Waals surface area contributed by atoms with Gasteiger partial charge in [0, 0.05) is 31.4 Å². The van der Waals surface area contributed by atoms with Crippen LogP contribution in [0.3, 0.4) is 0 Å². The summed E-state index contributed by atoms with van der Waals surface area (Å²) in [6.07, 6.45) is -2.36. The van der Waals surface area contributed by atoms with Gasteiger partial charge in [0.1, 0.15) is 5.82 Å². The number of carbonyl (C=O) groups is 1. The molecule has 3 aromatic rings. The molecule has 30 heavy (non-hydrogen) atoms. The summed E-state index contributed by atoms with van der Waals surface area (Å²) in [5.41, 5.74) is 0.543. The van der Waals surface area contributed by atoms with E-state index >= 15 is 0 Å². The fourth-order valence-electron chi connectivity index (χ4n) is 2.82. The number of hydrogen-bond acceptors (Lipinski definition) is 2. The Kier molecular flexibility index (Phi) is 6.66. The van der Waals surface area contributed by atoms with E-state index in [1.165, 1.54) is 35.2 Å². The predicted octanol–water partition coefficient (Wildman–Crippen LogP) is 5.52. The number of nitrogens with one attached hydrogen (secondary N) is 1. The normalized spacial score (nSPS) is 11.2. The Hall–Kier alpha value is -3.42. The molecule has 0 aliphatic carbocycles. The lowest BCUT2D eigenvalue weighted by Crippen LogP contribution is -2.36. The molecule has 8 heteroatoms. The molecule has 0 saturated heterocycles. The lowest BCUT2D eigenvalue weighted by Gasteiger charge is -2.23.